The van der Waals surface area contributed by atoms with Crippen LogP contribution in [0.25, 0.3) is 0 Å². The minimum Gasteiger partial charge on any atom is -0.399 e. The molecule has 0 aliphatic rings. The van der Waals surface area contributed by atoms with E-state index in [9.17, 15) is 4.39 Å². The summed E-state index contributed by atoms with van der Waals surface area (Å²) in [7, 11) is 0. The van der Waals surface area contributed by atoms with Crippen molar-refractivity contribution in [2.45, 2.75) is 20.0 Å². The molecule has 0 spiro atoms. The summed E-state index contributed by atoms with van der Waals surface area (Å²) in [5, 5.41) is 2.94. The Morgan fingerprint density at radius 2 is 2.20 bits per heavy atom. The minimum atomic E-state index is -0.334. The molecule has 0 aromatic heterocycles. The van der Waals surface area contributed by atoms with Crippen LogP contribution in [0.1, 0.15) is 13.8 Å². The van der Waals surface area contributed by atoms with E-state index in [4.69, 9.17) is 10.5 Å². The van der Waals surface area contributed by atoms with Gasteiger partial charge in [0.15, 0.2) is 0 Å². The zero-order chi connectivity index (χ0) is 11.3. The maximum absolute atomic E-state index is 13.3. The smallest absolute Gasteiger partial charge is 0.148 e. The predicted octanol–water partition coefficient (Wildman–Crippen LogP) is 2.24. The van der Waals surface area contributed by atoms with E-state index in [1.807, 2.05) is 13.8 Å². The molecule has 0 amide bonds. The van der Waals surface area contributed by atoms with Gasteiger partial charge < -0.3 is 15.8 Å². The van der Waals surface area contributed by atoms with E-state index < -0.39 is 0 Å². The molecular weight excluding hydrogens is 195 g/mol. The average molecular weight is 212 g/mol. The van der Waals surface area contributed by atoms with Gasteiger partial charge in [-0.1, -0.05) is 0 Å². The van der Waals surface area contributed by atoms with Gasteiger partial charge in [0, 0.05) is 12.2 Å². The topological polar surface area (TPSA) is 47.3 Å². The number of benzene rings is 1. The first kappa shape index (κ1) is 11.8. The second-order valence-corrected chi connectivity index (χ2v) is 3.59. The van der Waals surface area contributed by atoms with Crippen molar-refractivity contribution in [1.82, 2.24) is 0 Å². The summed E-state index contributed by atoms with van der Waals surface area (Å²) in [6, 6.07) is 4.58. The first-order valence-corrected chi connectivity index (χ1v) is 5.00. The summed E-state index contributed by atoms with van der Waals surface area (Å²) in [6.45, 7) is 5.06. The van der Waals surface area contributed by atoms with E-state index in [0.717, 1.165) is 0 Å². The van der Waals surface area contributed by atoms with Crippen LogP contribution < -0.4 is 11.1 Å². The summed E-state index contributed by atoms with van der Waals surface area (Å²) in [5.74, 6) is -0.334. The first-order chi connectivity index (χ1) is 7.09. The van der Waals surface area contributed by atoms with Crippen LogP contribution >= 0.6 is 0 Å². The van der Waals surface area contributed by atoms with Crippen LogP contribution in [-0.2, 0) is 4.74 Å². The number of hydrogen-bond acceptors (Lipinski definition) is 3. The lowest BCUT2D eigenvalue weighted by atomic mass is 10.2. The molecule has 0 saturated heterocycles. The summed E-state index contributed by atoms with van der Waals surface area (Å²) in [4.78, 5) is 0. The van der Waals surface area contributed by atoms with Gasteiger partial charge in [-0.2, -0.15) is 0 Å². The van der Waals surface area contributed by atoms with Gasteiger partial charge in [-0.15, -0.1) is 0 Å². The van der Waals surface area contributed by atoms with Crippen LogP contribution in [0, 0.1) is 5.82 Å². The van der Waals surface area contributed by atoms with Gasteiger partial charge in [0.05, 0.1) is 18.4 Å². The van der Waals surface area contributed by atoms with Crippen LogP contribution in [0.15, 0.2) is 18.2 Å². The van der Waals surface area contributed by atoms with Gasteiger partial charge in [-0.25, -0.2) is 4.39 Å². The molecule has 4 heteroatoms. The van der Waals surface area contributed by atoms with E-state index >= 15 is 0 Å². The number of halogens is 1. The zero-order valence-corrected chi connectivity index (χ0v) is 9.09. The van der Waals surface area contributed by atoms with Crippen molar-refractivity contribution >= 4 is 11.4 Å². The van der Waals surface area contributed by atoms with Crippen LogP contribution in [0.3, 0.4) is 0 Å². The molecular formula is C11H17FN2O. The molecule has 0 atom stereocenters. The van der Waals surface area contributed by atoms with Gasteiger partial charge in [0.25, 0.3) is 0 Å². The lowest BCUT2D eigenvalue weighted by Crippen LogP contribution is -2.13. The molecule has 0 heterocycles. The van der Waals surface area contributed by atoms with Gasteiger partial charge in [0.2, 0.25) is 0 Å². The Kier molecular flexibility index (Phi) is 4.37. The van der Waals surface area contributed by atoms with Crippen molar-refractivity contribution in [2.75, 3.05) is 24.2 Å². The largest absolute Gasteiger partial charge is 0.399 e. The number of hydrogen-bond donors (Lipinski definition) is 2. The lowest BCUT2D eigenvalue weighted by Gasteiger charge is -2.10. The Labute approximate surface area is 89.4 Å². The highest BCUT2D eigenvalue weighted by molar-refractivity contribution is 5.52. The fourth-order valence-corrected chi connectivity index (χ4v) is 1.16. The molecule has 1 rings (SSSR count). The molecule has 0 saturated carbocycles. The van der Waals surface area contributed by atoms with E-state index in [1.54, 1.807) is 12.1 Å². The molecule has 0 unspecified atom stereocenters. The van der Waals surface area contributed by atoms with Gasteiger partial charge >= 0.3 is 0 Å². The fourth-order valence-electron chi connectivity index (χ4n) is 1.16. The Hall–Kier alpha value is -1.29. The Morgan fingerprint density at radius 1 is 1.47 bits per heavy atom. The summed E-state index contributed by atoms with van der Waals surface area (Å²) in [5.41, 5.74) is 6.31. The Morgan fingerprint density at radius 3 is 2.80 bits per heavy atom. The number of nitrogens with two attached hydrogens (primary N) is 1. The number of nitrogens with one attached hydrogen (secondary N) is 1. The van der Waals surface area contributed by atoms with Crippen LogP contribution in [-0.4, -0.2) is 19.3 Å². The molecule has 3 N–H and O–H groups in total. The third-order valence-electron chi connectivity index (χ3n) is 1.86. The van der Waals surface area contributed by atoms with Crippen molar-refractivity contribution < 1.29 is 9.13 Å². The molecule has 0 aliphatic heterocycles. The molecule has 3 nitrogen and oxygen atoms in total. The average Bonchev–Trinajstić information content (AvgIpc) is 2.14. The Balaban J connectivity index is 2.37. The van der Waals surface area contributed by atoms with Crippen molar-refractivity contribution in [3.05, 3.63) is 24.0 Å². The number of anilines is 2. The second kappa shape index (κ2) is 5.56. The monoisotopic (exact) mass is 212 g/mol. The fraction of sp³-hybridized carbons (Fsp3) is 0.455. The molecule has 1 aromatic carbocycles. The zero-order valence-electron chi connectivity index (χ0n) is 9.09. The number of ether oxygens (including phenoxy) is 1. The summed E-state index contributed by atoms with van der Waals surface area (Å²) in [6.07, 6.45) is 0.197. The van der Waals surface area contributed by atoms with Crippen LogP contribution in [0.5, 0.6) is 0 Å². The maximum atomic E-state index is 13.3. The third-order valence-corrected chi connectivity index (χ3v) is 1.86. The van der Waals surface area contributed by atoms with Gasteiger partial charge in [-0.3, -0.25) is 0 Å². The quantitative estimate of drug-likeness (QED) is 0.581. The molecule has 1 aromatic rings. The van der Waals surface area contributed by atoms with Gasteiger partial charge in [0.1, 0.15) is 5.82 Å². The van der Waals surface area contributed by atoms with E-state index in [0.29, 0.717) is 24.5 Å². The first-order valence-electron chi connectivity index (χ1n) is 5.00. The molecule has 0 fully saturated rings. The highest BCUT2D eigenvalue weighted by atomic mass is 19.1. The van der Waals surface area contributed by atoms with Gasteiger partial charge in [-0.05, 0) is 32.0 Å². The highest BCUT2D eigenvalue weighted by Gasteiger charge is 2.01. The highest BCUT2D eigenvalue weighted by Crippen LogP contribution is 2.16. The van der Waals surface area contributed by atoms with E-state index in [2.05, 4.69) is 5.32 Å². The van der Waals surface area contributed by atoms with E-state index in [1.165, 1.54) is 6.07 Å². The normalized spacial score (nSPS) is 10.7. The van der Waals surface area contributed by atoms with E-state index in [-0.39, 0.29) is 11.9 Å². The Bertz CT molecular complexity index is 315. The number of rotatable bonds is 5. The number of nitrogen functional groups attached to an aromatic ring is 1. The van der Waals surface area contributed by atoms with Crippen molar-refractivity contribution in [2.24, 2.45) is 0 Å². The SMILES string of the molecule is CC(C)OCCNc1ccc(N)cc1F. The maximum Gasteiger partial charge on any atom is 0.148 e. The van der Waals surface area contributed by atoms with Crippen molar-refractivity contribution in [1.29, 1.82) is 0 Å². The molecule has 0 aliphatic carbocycles. The summed E-state index contributed by atoms with van der Waals surface area (Å²) < 4.78 is 18.6. The van der Waals surface area contributed by atoms with Crippen molar-refractivity contribution in [3.8, 4) is 0 Å². The van der Waals surface area contributed by atoms with Crippen molar-refractivity contribution in [3.63, 3.8) is 0 Å². The predicted molar refractivity (Wildman–Crippen MR) is 60.4 cm³/mol. The second-order valence-electron chi connectivity index (χ2n) is 3.59. The minimum absolute atomic E-state index is 0.197. The molecule has 0 radical (unpaired) electrons. The lowest BCUT2D eigenvalue weighted by molar-refractivity contribution is 0.0870. The van der Waals surface area contributed by atoms with Crippen LogP contribution in [0.2, 0.25) is 0 Å². The van der Waals surface area contributed by atoms with Crippen LogP contribution in [0.4, 0.5) is 15.8 Å². The summed E-state index contributed by atoms with van der Waals surface area (Å²) >= 11 is 0. The standard InChI is InChI=1S/C11H17FN2O/c1-8(2)15-6-5-14-11-4-3-9(13)7-10(11)12/h3-4,7-8,14H,5-6,13H2,1-2H3. The molecule has 15 heavy (non-hydrogen) atoms. The molecule has 0 bridgehead atoms. The molecule has 84 valence electrons. The third kappa shape index (κ3) is 4.16.